The Hall–Kier alpha value is -1.84. The first-order valence-electron chi connectivity index (χ1n) is 4.90. The molecule has 86 valence electrons. The number of aldehydes is 2. The summed E-state index contributed by atoms with van der Waals surface area (Å²) in [5, 5.41) is 0. The van der Waals surface area contributed by atoms with Gasteiger partial charge >= 0.3 is 0 Å². The Morgan fingerprint density at radius 1 is 1.19 bits per heavy atom. The third kappa shape index (κ3) is 2.59. The highest BCUT2D eigenvalue weighted by molar-refractivity contribution is 5.81. The van der Waals surface area contributed by atoms with E-state index in [1.807, 2.05) is 0 Å². The van der Waals surface area contributed by atoms with Gasteiger partial charge in [0.25, 0.3) is 0 Å². The van der Waals surface area contributed by atoms with Crippen molar-refractivity contribution in [1.29, 1.82) is 0 Å². The summed E-state index contributed by atoms with van der Waals surface area (Å²) in [4.78, 5) is 21.2. The molecule has 1 aromatic rings. The van der Waals surface area contributed by atoms with Crippen molar-refractivity contribution in [3.63, 3.8) is 0 Å². The molecule has 0 amide bonds. The number of hydrogen-bond donors (Lipinski definition) is 0. The summed E-state index contributed by atoms with van der Waals surface area (Å²) < 4.78 is 10.2. The fourth-order valence-corrected chi connectivity index (χ4v) is 1.51. The molecule has 0 atom stereocenters. The van der Waals surface area contributed by atoms with Gasteiger partial charge in [-0.05, 0) is 24.1 Å². The molecule has 0 radical (unpaired) electrons. The summed E-state index contributed by atoms with van der Waals surface area (Å²) in [6.45, 7) is 0. The Balaban J connectivity index is 3.14. The van der Waals surface area contributed by atoms with E-state index in [-0.39, 0.29) is 0 Å². The van der Waals surface area contributed by atoms with Crippen LogP contribution in [-0.2, 0) is 11.2 Å². The number of rotatable bonds is 6. The van der Waals surface area contributed by atoms with Crippen LogP contribution in [0.4, 0.5) is 0 Å². The first-order chi connectivity index (χ1) is 7.76. The van der Waals surface area contributed by atoms with Crippen LogP contribution in [-0.4, -0.2) is 26.8 Å². The third-order valence-electron chi connectivity index (χ3n) is 2.25. The second kappa shape index (κ2) is 5.90. The van der Waals surface area contributed by atoms with Crippen molar-refractivity contribution in [2.24, 2.45) is 0 Å². The van der Waals surface area contributed by atoms with E-state index in [2.05, 4.69) is 0 Å². The molecule has 0 aliphatic rings. The van der Waals surface area contributed by atoms with Crippen molar-refractivity contribution < 1.29 is 19.1 Å². The second-order valence-electron chi connectivity index (χ2n) is 3.24. The Morgan fingerprint density at radius 3 is 2.44 bits per heavy atom. The van der Waals surface area contributed by atoms with E-state index in [0.29, 0.717) is 36.2 Å². The number of benzene rings is 1. The van der Waals surface area contributed by atoms with Crippen molar-refractivity contribution in [3.8, 4) is 11.5 Å². The molecule has 0 aliphatic heterocycles. The Bertz CT molecular complexity index is 385. The molecule has 4 nitrogen and oxygen atoms in total. The van der Waals surface area contributed by atoms with Gasteiger partial charge in [0.15, 0.2) is 17.8 Å². The van der Waals surface area contributed by atoms with Crippen LogP contribution in [0.25, 0.3) is 0 Å². The Kier molecular flexibility index (Phi) is 4.51. The third-order valence-corrected chi connectivity index (χ3v) is 2.25. The van der Waals surface area contributed by atoms with Gasteiger partial charge in [0.2, 0.25) is 0 Å². The van der Waals surface area contributed by atoms with Crippen molar-refractivity contribution in [2.45, 2.75) is 12.8 Å². The minimum Gasteiger partial charge on any atom is -0.493 e. The molecule has 0 aromatic heterocycles. The molecule has 0 unspecified atom stereocenters. The van der Waals surface area contributed by atoms with Crippen LogP contribution in [0.5, 0.6) is 11.5 Å². The van der Waals surface area contributed by atoms with E-state index in [0.717, 1.165) is 11.8 Å². The lowest BCUT2D eigenvalue weighted by Gasteiger charge is -2.11. The normalized spacial score (nSPS) is 9.62. The van der Waals surface area contributed by atoms with Crippen LogP contribution in [0, 0.1) is 0 Å². The predicted molar refractivity (Wildman–Crippen MR) is 59.3 cm³/mol. The number of ether oxygens (including phenoxy) is 2. The molecule has 0 heterocycles. The average Bonchev–Trinajstić information content (AvgIpc) is 2.34. The first kappa shape index (κ1) is 12.2. The van der Waals surface area contributed by atoms with E-state index >= 15 is 0 Å². The largest absolute Gasteiger partial charge is 0.493 e. The maximum atomic E-state index is 10.9. The highest BCUT2D eigenvalue weighted by atomic mass is 16.5. The maximum Gasteiger partial charge on any atom is 0.171 e. The van der Waals surface area contributed by atoms with Gasteiger partial charge in [-0.1, -0.05) is 0 Å². The molecular formula is C12H14O4. The van der Waals surface area contributed by atoms with Gasteiger partial charge in [0, 0.05) is 6.42 Å². The van der Waals surface area contributed by atoms with Gasteiger partial charge in [-0.2, -0.15) is 0 Å². The number of carbonyl (C=O) groups is 2. The van der Waals surface area contributed by atoms with Crippen LogP contribution >= 0.6 is 0 Å². The zero-order chi connectivity index (χ0) is 12.0. The molecule has 1 rings (SSSR count). The molecule has 16 heavy (non-hydrogen) atoms. The summed E-state index contributed by atoms with van der Waals surface area (Å²) in [5.41, 5.74) is 1.31. The minimum absolute atomic E-state index is 0.423. The average molecular weight is 222 g/mol. The van der Waals surface area contributed by atoms with Crippen LogP contribution in [0.2, 0.25) is 0 Å². The second-order valence-corrected chi connectivity index (χ2v) is 3.24. The van der Waals surface area contributed by atoms with Gasteiger partial charge < -0.3 is 14.3 Å². The molecule has 0 saturated heterocycles. The van der Waals surface area contributed by atoms with Gasteiger partial charge in [0.05, 0.1) is 19.8 Å². The van der Waals surface area contributed by atoms with Crippen LogP contribution < -0.4 is 9.47 Å². The summed E-state index contributed by atoms with van der Waals surface area (Å²) in [6.07, 6.45) is 2.57. The van der Waals surface area contributed by atoms with Crippen molar-refractivity contribution >= 4 is 12.6 Å². The lowest BCUT2D eigenvalue weighted by molar-refractivity contribution is -0.107. The topological polar surface area (TPSA) is 52.6 Å². The summed E-state index contributed by atoms with van der Waals surface area (Å²) in [5.74, 6) is 0.931. The fraction of sp³-hybridized carbons (Fsp3) is 0.333. The molecule has 1 aromatic carbocycles. The van der Waals surface area contributed by atoms with E-state index < -0.39 is 0 Å². The van der Waals surface area contributed by atoms with Crippen molar-refractivity contribution in [1.82, 2.24) is 0 Å². The van der Waals surface area contributed by atoms with Crippen molar-refractivity contribution in [2.75, 3.05) is 14.2 Å². The zero-order valence-corrected chi connectivity index (χ0v) is 9.36. The SMILES string of the molecule is COc1cc(CCC=O)cc(C=O)c1OC. The molecule has 0 aliphatic carbocycles. The van der Waals surface area contributed by atoms with Gasteiger partial charge in [0.1, 0.15) is 6.29 Å². The number of aryl methyl sites for hydroxylation is 1. The lowest BCUT2D eigenvalue weighted by atomic mass is 10.1. The van der Waals surface area contributed by atoms with E-state index in [1.165, 1.54) is 14.2 Å². The summed E-state index contributed by atoms with van der Waals surface area (Å²) in [7, 11) is 2.99. The van der Waals surface area contributed by atoms with E-state index in [1.54, 1.807) is 12.1 Å². The molecule has 0 bridgehead atoms. The number of methoxy groups -OCH3 is 2. The van der Waals surface area contributed by atoms with Gasteiger partial charge in [-0.15, -0.1) is 0 Å². The summed E-state index contributed by atoms with van der Waals surface area (Å²) in [6, 6.07) is 3.48. The summed E-state index contributed by atoms with van der Waals surface area (Å²) >= 11 is 0. The fourth-order valence-electron chi connectivity index (χ4n) is 1.51. The standard InChI is InChI=1S/C12H14O4/c1-15-11-7-9(4-3-5-13)6-10(8-14)12(11)16-2/h5-8H,3-4H2,1-2H3. The van der Waals surface area contributed by atoms with Gasteiger partial charge in [-0.3, -0.25) is 4.79 Å². The molecule has 0 fully saturated rings. The monoisotopic (exact) mass is 222 g/mol. The van der Waals surface area contributed by atoms with Crippen LogP contribution in [0.3, 0.4) is 0 Å². The quantitative estimate of drug-likeness (QED) is 0.687. The smallest absolute Gasteiger partial charge is 0.171 e. The highest BCUT2D eigenvalue weighted by Crippen LogP contribution is 2.31. The Labute approximate surface area is 94.2 Å². The highest BCUT2D eigenvalue weighted by Gasteiger charge is 2.11. The van der Waals surface area contributed by atoms with E-state index in [9.17, 15) is 9.59 Å². The maximum absolute atomic E-state index is 10.9. The molecule has 4 heteroatoms. The molecule has 0 saturated carbocycles. The minimum atomic E-state index is 0.423. The van der Waals surface area contributed by atoms with Gasteiger partial charge in [-0.25, -0.2) is 0 Å². The molecule has 0 N–H and O–H groups in total. The Morgan fingerprint density at radius 2 is 1.94 bits per heavy atom. The number of carbonyl (C=O) groups excluding carboxylic acids is 2. The molecular weight excluding hydrogens is 208 g/mol. The van der Waals surface area contributed by atoms with Crippen LogP contribution in [0.15, 0.2) is 12.1 Å². The predicted octanol–water partition coefficient (Wildman–Crippen LogP) is 1.65. The van der Waals surface area contributed by atoms with E-state index in [4.69, 9.17) is 9.47 Å². The first-order valence-corrected chi connectivity index (χ1v) is 4.90. The molecule has 0 spiro atoms. The lowest BCUT2D eigenvalue weighted by Crippen LogP contribution is -1.98. The van der Waals surface area contributed by atoms with Crippen LogP contribution in [0.1, 0.15) is 22.3 Å². The number of hydrogen-bond acceptors (Lipinski definition) is 4. The van der Waals surface area contributed by atoms with Crippen molar-refractivity contribution in [3.05, 3.63) is 23.3 Å². The zero-order valence-electron chi connectivity index (χ0n) is 9.36.